The van der Waals surface area contributed by atoms with E-state index in [0.29, 0.717) is 27.0 Å². The average molecular weight is 491 g/mol. The van der Waals surface area contributed by atoms with E-state index in [4.69, 9.17) is 11.5 Å². The first-order valence-electron chi connectivity index (χ1n) is 11.3. The average Bonchev–Trinajstić information content (AvgIpc) is 3.35. The molecule has 1 aliphatic rings. The molecule has 5 rings (SSSR count). The molecule has 1 aliphatic carbocycles. The van der Waals surface area contributed by atoms with Gasteiger partial charge in [0, 0.05) is 16.0 Å². The number of aromatic nitrogens is 1. The number of hydrogen-bond donors (Lipinski definition) is 3. The van der Waals surface area contributed by atoms with E-state index in [9.17, 15) is 9.59 Å². The van der Waals surface area contributed by atoms with E-state index in [0.717, 1.165) is 45.6 Å². The highest BCUT2D eigenvalue weighted by atomic mass is 32.1. The molecule has 3 heterocycles. The smallest absolute Gasteiger partial charge is 0.268 e. The zero-order valence-corrected chi connectivity index (χ0v) is 20.7. The number of primary amides is 1. The second kappa shape index (κ2) is 8.85. The maximum Gasteiger partial charge on any atom is 0.268 e. The highest BCUT2D eigenvalue weighted by molar-refractivity contribution is 7.21. The van der Waals surface area contributed by atoms with E-state index >= 15 is 0 Å². The molecule has 0 spiro atoms. The van der Waals surface area contributed by atoms with Crippen LogP contribution in [-0.4, -0.2) is 16.8 Å². The Morgan fingerprint density at radius 2 is 1.88 bits per heavy atom. The van der Waals surface area contributed by atoms with E-state index in [1.54, 1.807) is 0 Å². The number of thiophene rings is 2. The number of carbonyl (C=O) groups excluding carboxylic acids is 2. The predicted molar refractivity (Wildman–Crippen MR) is 140 cm³/mol. The molecule has 1 aromatic carbocycles. The zero-order valence-electron chi connectivity index (χ0n) is 19.1. The Hall–Kier alpha value is -3.23. The highest BCUT2D eigenvalue weighted by Crippen LogP contribution is 2.43. The van der Waals surface area contributed by atoms with Gasteiger partial charge in [-0.3, -0.25) is 9.59 Å². The van der Waals surface area contributed by atoms with E-state index < -0.39 is 5.91 Å². The standard InChI is InChI=1S/C26H26N4O2S2/c1-13(2)18-11-10-17-21(27)22(34-25(17)29-18)24(32)30-26-20(23(28)31)16-9-8-15(12-19(16)33-26)14-6-4-3-5-7-14/h3-7,10-11,13,15H,8-9,12,27H2,1-2H3,(H2,28,31)(H,30,32). The molecular formula is C26H26N4O2S2. The van der Waals surface area contributed by atoms with Crippen LogP contribution in [0.15, 0.2) is 42.5 Å². The van der Waals surface area contributed by atoms with Crippen molar-refractivity contribution in [1.29, 1.82) is 0 Å². The van der Waals surface area contributed by atoms with Gasteiger partial charge in [0.25, 0.3) is 11.8 Å². The van der Waals surface area contributed by atoms with Gasteiger partial charge in [-0.15, -0.1) is 22.7 Å². The molecule has 174 valence electrons. The first-order valence-corrected chi connectivity index (χ1v) is 13.0. The summed E-state index contributed by atoms with van der Waals surface area (Å²) >= 11 is 2.72. The summed E-state index contributed by atoms with van der Waals surface area (Å²) < 4.78 is 0. The SMILES string of the molecule is CC(C)c1ccc2c(N)c(C(=O)Nc3sc4c(c3C(N)=O)CCC(c3ccccc3)C4)sc2n1. The van der Waals surface area contributed by atoms with Crippen molar-refractivity contribution >= 4 is 55.4 Å². The van der Waals surface area contributed by atoms with Gasteiger partial charge in [-0.25, -0.2) is 4.98 Å². The molecule has 6 nitrogen and oxygen atoms in total. The number of benzene rings is 1. The number of anilines is 2. The van der Waals surface area contributed by atoms with Crippen LogP contribution in [0, 0.1) is 0 Å². The topological polar surface area (TPSA) is 111 Å². The van der Waals surface area contributed by atoms with Gasteiger partial charge in [-0.1, -0.05) is 44.2 Å². The lowest BCUT2D eigenvalue weighted by Gasteiger charge is -2.22. The van der Waals surface area contributed by atoms with Crippen LogP contribution in [0.1, 0.15) is 73.8 Å². The fourth-order valence-corrected chi connectivity index (χ4v) is 6.93. The Labute approximate surface area is 206 Å². The summed E-state index contributed by atoms with van der Waals surface area (Å²) in [7, 11) is 0. The normalized spacial score (nSPS) is 15.4. The Balaban J connectivity index is 1.46. The number of nitrogens with one attached hydrogen (secondary N) is 1. The number of pyridine rings is 1. The summed E-state index contributed by atoms with van der Waals surface area (Å²) in [6, 6.07) is 14.3. The number of hydrogen-bond acceptors (Lipinski definition) is 6. The molecular weight excluding hydrogens is 464 g/mol. The van der Waals surface area contributed by atoms with Crippen LogP contribution >= 0.6 is 22.7 Å². The fraction of sp³-hybridized carbons (Fsp3) is 0.269. The van der Waals surface area contributed by atoms with Gasteiger partial charge in [0.05, 0.1) is 11.3 Å². The van der Waals surface area contributed by atoms with Crippen molar-refractivity contribution in [1.82, 2.24) is 4.98 Å². The molecule has 3 aromatic heterocycles. The third-order valence-electron chi connectivity index (χ3n) is 6.42. The van der Waals surface area contributed by atoms with Gasteiger partial charge in [0.1, 0.15) is 14.7 Å². The van der Waals surface area contributed by atoms with Crippen LogP contribution in [0.2, 0.25) is 0 Å². The third kappa shape index (κ3) is 3.97. The molecule has 1 unspecified atom stereocenters. The highest BCUT2D eigenvalue weighted by Gasteiger charge is 2.30. The van der Waals surface area contributed by atoms with Crippen molar-refractivity contribution in [3.8, 4) is 0 Å². The van der Waals surface area contributed by atoms with Gasteiger partial charge in [-0.05, 0) is 54.4 Å². The number of nitrogens with zero attached hydrogens (tertiary/aromatic N) is 1. The van der Waals surface area contributed by atoms with Gasteiger partial charge in [0.2, 0.25) is 0 Å². The maximum atomic E-state index is 13.2. The van der Waals surface area contributed by atoms with Crippen molar-refractivity contribution in [3.05, 3.63) is 74.6 Å². The number of carbonyl (C=O) groups is 2. The van der Waals surface area contributed by atoms with E-state index in [2.05, 4.69) is 36.3 Å². The third-order valence-corrected chi connectivity index (χ3v) is 8.71. The number of nitrogen functional groups attached to an aromatic ring is 1. The summed E-state index contributed by atoms with van der Waals surface area (Å²) in [6.45, 7) is 4.15. The molecule has 2 amide bonds. The molecule has 0 bridgehead atoms. The Bertz CT molecular complexity index is 1410. The first-order chi connectivity index (χ1) is 16.3. The lowest BCUT2D eigenvalue weighted by Crippen LogP contribution is -2.19. The molecule has 8 heteroatoms. The van der Waals surface area contributed by atoms with Crippen molar-refractivity contribution in [2.24, 2.45) is 5.73 Å². The molecule has 34 heavy (non-hydrogen) atoms. The lowest BCUT2D eigenvalue weighted by atomic mass is 9.83. The largest absolute Gasteiger partial charge is 0.397 e. The quantitative estimate of drug-likeness (QED) is 0.334. The van der Waals surface area contributed by atoms with Crippen molar-refractivity contribution in [2.45, 2.75) is 44.9 Å². The summed E-state index contributed by atoms with van der Waals surface area (Å²) in [6.07, 6.45) is 2.52. The minimum Gasteiger partial charge on any atom is -0.397 e. The van der Waals surface area contributed by atoms with Crippen LogP contribution in [0.25, 0.3) is 10.2 Å². The number of rotatable bonds is 5. The van der Waals surface area contributed by atoms with Gasteiger partial charge < -0.3 is 16.8 Å². The molecule has 0 aliphatic heterocycles. The number of amides is 2. The van der Waals surface area contributed by atoms with Gasteiger partial charge in [0.15, 0.2) is 0 Å². The Morgan fingerprint density at radius 3 is 2.59 bits per heavy atom. The molecule has 4 aromatic rings. The first kappa shape index (κ1) is 22.6. The summed E-state index contributed by atoms with van der Waals surface area (Å²) in [5.41, 5.74) is 16.1. The fourth-order valence-electron chi connectivity index (χ4n) is 4.61. The molecule has 0 saturated heterocycles. The Kier molecular flexibility index (Phi) is 5.87. The van der Waals surface area contributed by atoms with Gasteiger partial charge >= 0.3 is 0 Å². The minimum absolute atomic E-state index is 0.278. The summed E-state index contributed by atoms with van der Waals surface area (Å²) in [5, 5.41) is 4.21. The maximum absolute atomic E-state index is 13.2. The van der Waals surface area contributed by atoms with Crippen LogP contribution in [0.5, 0.6) is 0 Å². The second-order valence-electron chi connectivity index (χ2n) is 8.97. The van der Waals surface area contributed by atoms with Crippen LogP contribution in [0.3, 0.4) is 0 Å². The van der Waals surface area contributed by atoms with Crippen molar-refractivity contribution < 1.29 is 9.59 Å². The monoisotopic (exact) mass is 490 g/mol. The molecule has 1 atom stereocenters. The molecule has 0 saturated carbocycles. The number of nitrogens with two attached hydrogens (primary N) is 2. The second-order valence-corrected chi connectivity index (χ2v) is 11.1. The lowest BCUT2D eigenvalue weighted by molar-refractivity contribution is 0.100. The molecule has 0 fully saturated rings. The van der Waals surface area contributed by atoms with Crippen LogP contribution < -0.4 is 16.8 Å². The number of fused-ring (bicyclic) bond motifs is 2. The predicted octanol–water partition coefficient (Wildman–Crippen LogP) is 5.69. The Morgan fingerprint density at radius 1 is 1.12 bits per heavy atom. The molecule has 0 radical (unpaired) electrons. The van der Waals surface area contributed by atoms with Crippen LogP contribution in [-0.2, 0) is 12.8 Å². The zero-order chi connectivity index (χ0) is 24.0. The van der Waals surface area contributed by atoms with Gasteiger partial charge in [-0.2, -0.15) is 0 Å². The van der Waals surface area contributed by atoms with Crippen LogP contribution in [0.4, 0.5) is 10.7 Å². The minimum atomic E-state index is -0.515. The van der Waals surface area contributed by atoms with E-state index in [1.807, 2.05) is 30.3 Å². The molecule has 5 N–H and O–H groups in total. The van der Waals surface area contributed by atoms with Crippen molar-refractivity contribution in [2.75, 3.05) is 11.1 Å². The van der Waals surface area contributed by atoms with E-state index in [1.165, 1.54) is 28.2 Å². The summed E-state index contributed by atoms with van der Waals surface area (Å²) in [4.78, 5) is 32.5. The summed E-state index contributed by atoms with van der Waals surface area (Å²) in [5.74, 6) is -0.192. The van der Waals surface area contributed by atoms with Crippen molar-refractivity contribution in [3.63, 3.8) is 0 Å². The van der Waals surface area contributed by atoms with E-state index in [-0.39, 0.29) is 11.8 Å².